The lowest BCUT2D eigenvalue weighted by Gasteiger charge is -2.40. The largest absolute Gasteiger partial charge is 0.463 e. The van der Waals surface area contributed by atoms with Crippen LogP contribution in [0, 0.1) is 17.8 Å². The number of fused-ring (bicyclic) bond motifs is 2. The van der Waals surface area contributed by atoms with Crippen LogP contribution in [0.3, 0.4) is 0 Å². The zero-order chi connectivity index (χ0) is 37.9. The van der Waals surface area contributed by atoms with Crippen molar-refractivity contribution in [2.24, 2.45) is 17.8 Å². The predicted molar refractivity (Wildman–Crippen MR) is 200 cm³/mol. The molecule has 2 bridgehead atoms. The summed E-state index contributed by atoms with van der Waals surface area (Å²) in [5, 5.41) is 22.4. The number of ether oxygens (including phenoxy) is 2. The maximum Gasteiger partial charge on any atom is 0.306 e. The molecule has 6 rings (SSSR count). The van der Waals surface area contributed by atoms with Gasteiger partial charge in [0, 0.05) is 17.8 Å². The first-order valence-corrected chi connectivity index (χ1v) is 19.1. The van der Waals surface area contributed by atoms with Crippen LogP contribution in [0.4, 0.5) is 0 Å². The summed E-state index contributed by atoms with van der Waals surface area (Å²) >= 11 is 3.75. The summed E-state index contributed by atoms with van der Waals surface area (Å²) in [5.41, 5.74) is 0.740. The Hall–Kier alpha value is -4.40. The number of rotatable bonds is 17. The zero-order valence-electron chi connectivity index (χ0n) is 30.1. The summed E-state index contributed by atoms with van der Waals surface area (Å²) < 4.78 is 14.0. The minimum absolute atomic E-state index is 0.0210. The van der Waals surface area contributed by atoms with Crippen LogP contribution in [0.2, 0.25) is 0 Å². The van der Waals surface area contributed by atoms with Crippen molar-refractivity contribution in [3.8, 4) is 0 Å². The molecule has 282 valence electrons. The van der Waals surface area contributed by atoms with Gasteiger partial charge in [0.05, 0.1) is 42.1 Å². The fourth-order valence-corrected chi connectivity index (χ4v) is 9.13. The Balaban J connectivity index is 1.36. The lowest BCUT2D eigenvalue weighted by Crippen LogP contribution is -2.60. The van der Waals surface area contributed by atoms with E-state index in [1.165, 1.54) is 4.90 Å². The molecule has 3 aliphatic rings. The molecule has 1 spiro atoms. The summed E-state index contributed by atoms with van der Waals surface area (Å²) in [6.45, 7) is 11.1. The molecule has 0 saturated carbocycles. The maximum atomic E-state index is 15.1. The molecule has 0 radical (unpaired) electrons. The van der Waals surface area contributed by atoms with Crippen molar-refractivity contribution >= 4 is 50.7 Å². The van der Waals surface area contributed by atoms with Crippen LogP contribution < -0.4 is 5.32 Å². The third kappa shape index (κ3) is 7.16. The molecule has 13 nitrogen and oxygen atoms in total. The normalized spacial score (nSPS) is 26.2. The predicted octanol–water partition coefficient (Wildman–Crippen LogP) is 3.93. The minimum atomic E-state index is -1.38. The lowest BCUT2D eigenvalue weighted by molar-refractivity contribution is -0.153. The molecule has 9 atom stereocenters. The number of nitrogens with one attached hydrogen (secondary N) is 1. The highest BCUT2D eigenvalue weighted by Crippen LogP contribution is 2.61. The second kappa shape index (κ2) is 16.3. The van der Waals surface area contributed by atoms with Gasteiger partial charge in [0.25, 0.3) is 0 Å². The van der Waals surface area contributed by atoms with Crippen LogP contribution in [0.5, 0.6) is 0 Å². The Bertz CT molecular complexity index is 1840. The molecule has 1 aromatic heterocycles. The number of aromatic nitrogens is 3. The van der Waals surface area contributed by atoms with Gasteiger partial charge in [-0.05, 0) is 36.5 Å². The highest BCUT2D eigenvalue weighted by Gasteiger charge is 2.77. The number of alkyl halides is 1. The van der Waals surface area contributed by atoms with E-state index in [-0.39, 0.29) is 43.6 Å². The van der Waals surface area contributed by atoms with Gasteiger partial charge < -0.3 is 29.7 Å². The third-order valence-electron chi connectivity index (χ3n) is 11.0. The maximum absolute atomic E-state index is 15.1. The van der Waals surface area contributed by atoms with Crippen LogP contribution >= 0.6 is 15.9 Å². The van der Waals surface area contributed by atoms with Gasteiger partial charge in [-0.1, -0.05) is 96.0 Å². The summed E-state index contributed by atoms with van der Waals surface area (Å²) in [6.07, 6.45) is 4.06. The van der Waals surface area contributed by atoms with Gasteiger partial charge in [-0.25, -0.2) is 4.68 Å². The highest BCUT2D eigenvalue weighted by molar-refractivity contribution is 9.09. The van der Waals surface area contributed by atoms with Crippen LogP contribution in [0.15, 0.2) is 79.9 Å². The van der Waals surface area contributed by atoms with E-state index in [0.29, 0.717) is 24.8 Å². The average molecular weight is 792 g/mol. The number of aliphatic hydroxyl groups is 1. The number of amides is 3. The van der Waals surface area contributed by atoms with Crippen molar-refractivity contribution < 1.29 is 33.8 Å². The van der Waals surface area contributed by atoms with Crippen LogP contribution in [-0.2, 0) is 35.3 Å². The van der Waals surface area contributed by atoms with E-state index in [1.807, 2.05) is 68.4 Å². The van der Waals surface area contributed by atoms with Gasteiger partial charge in [0.2, 0.25) is 17.7 Å². The topological polar surface area (TPSA) is 156 Å². The number of carbonyl (C=O) groups excluding carboxylic acids is 4. The summed E-state index contributed by atoms with van der Waals surface area (Å²) in [5.74, 6) is -3.87. The zero-order valence-corrected chi connectivity index (χ0v) is 31.6. The number of benzene rings is 2. The molecule has 0 aliphatic carbocycles. The number of likely N-dealkylation sites (tertiary alicyclic amines) is 1. The standard InChI is InChI=1S/C39H47BrN6O7/c1-5-8-18-31(48)52-22-28(25-14-10-9-11-15-25)41-36(49)32-33-37(50)46(30(21-47)24(4)7-3)35(39(33)20-26(40)34(32)53-39)38(51)44(19-6-2)23-45-29-17-13-12-16-27(29)42-43-45/h5-6,9-17,24,26,28,30,32-35,47H,1-2,7-8,18-23H2,3-4H3,(H,41,49)/t24-,26?,28+,30-,32+,33-,34+,35+,39-/m0/s1. The van der Waals surface area contributed by atoms with Crippen molar-refractivity contribution in [1.82, 2.24) is 30.1 Å². The average Bonchev–Trinajstić information content (AvgIpc) is 3.89. The molecule has 2 N–H and O–H groups in total. The quantitative estimate of drug-likeness (QED) is 0.118. The Morgan fingerprint density at radius 3 is 2.60 bits per heavy atom. The molecule has 3 amide bonds. The Morgan fingerprint density at radius 2 is 1.91 bits per heavy atom. The Kier molecular flexibility index (Phi) is 11.8. The van der Waals surface area contributed by atoms with Gasteiger partial charge in [0.15, 0.2) is 0 Å². The number of hydrogen-bond donors (Lipinski definition) is 2. The first-order valence-electron chi connectivity index (χ1n) is 18.1. The first kappa shape index (κ1) is 38.3. The fraction of sp³-hybridized carbons (Fsp3) is 0.487. The minimum Gasteiger partial charge on any atom is -0.463 e. The molecule has 4 heterocycles. The third-order valence-corrected chi connectivity index (χ3v) is 11.8. The molecule has 53 heavy (non-hydrogen) atoms. The Morgan fingerprint density at radius 1 is 1.17 bits per heavy atom. The summed E-state index contributed by atoms with van der Waals surface area (Å²) in [6, 6.07) is 14.0. The van der Waals surface area contributed by atoms with Crippen molar-refractivity contribution in [3.63, 3.8) is 0 Å². The molecule has 3 aliphatic heterocycles. The first-order chi connectivity index (χ1) is 25.6. The molecular formula is C39H47BrN6O7. The monoisotopic (exact) mass is 790 g/mol. The number of para-hydroxylation sites is 1. The lowest BCUT2D eigenvalue weighted by atomic mass is 9.70. The van der Waals surface area contributed by atoms with Crippen molar-refractivity contribution in [3.05, 3.63) is 85.5 Å². The van der Waals surface area contributed by atoms with Crippen molar-refractivity contribution in [2.45, 2.75) is 80.9 Å². The summed E-state index contributed by atoms with van der Waals surface area (Å²) in [4.78, 5) is 59.7. The van der Waals surface area contributed by atoms with E-state index in [0.717, 1.165) is 11.1 Å². The van der Waals surface area contributed by atoms with Crippen LogP contribution in [0.1, 0.15) is 51.1 Å². The molecule has 1 unspecified atom stereocenters. The van der Waals surface area contributed by atoms with E-state index in [4.69, 9.17) is 9.47 Å². The smallest absolute Gasteiger partial charge is 0.306 e. The fourth-order valence-electron chi connectivity index (χ4n) is 8.19. The second-order valence-corrected chi connectivity index (χ2v) is 15.3. The highest BCUT2D eigenvalue weighted by atomic mass is 79.9. The summed E-state index contributed by atoms with van der Waals surface area (Å²) in [7, 11) is 0. The number of hydrogen-bond acceptors (Lipinski definition) is 9. The van der Waals surface area contributed by atoms with Crippen molar-refractivity contribution in [1.29, 1.82) is 0 Å². The van der Waals surface area contributed by atoms with Gasteiger partial charge in [-0.3, -0.25) is 19.2 Å². The molecule has 2 aromatic carbocycles. The number of aliphatic hydroxyl groups excluding tert-OH is 1. The number of allylic oxidation sites excluding steroid dienone is 1. The molecular weight excluding hydrogens is 744 g/mol. The molecule has 3 fully saturated rings. The molecule has 3 aromatic rings. The van der Waals surface area contributed by atoms with Crippen LogP contribution in [0.25, 0.3) is 11.0 Å². The number of esters is 1. The van der Waals surface area contributed by atoms with Crippen LogP contribution in [-0.4, -0.2) is 102 Å². The van der Waals surface area contributed by atoms with Gasteiger partial charge in [-0.15, -0.1) is 18.3 Å². The second-order valence-electron chi connectivity index (χ2n) is 14.1. The van der Waals surface area contributed by atoms with E-state index in [1.54, 1.807) is 21.7 Å². The Labute approximate surface area is 317 Å². The van der Waals surface area contributed by atoms with Crippen molar-refractivity contribution in [2.75, 3.05) is 19.8 Å². The number of halogens is 1. The SMILES string of the molecule is C=CCCC(=O)OC[C@@H](NC(=O)[C@H]1[C@@H]2O[C@@]3(CC2Br)[C@@H]1C(=O)N([C@@H](CO)[C@@H](C)CC)[C@@H]3C(=O)N(CC=C)Cn1nnc2ccccc21)c1ccccc1. The van der Waals surface area contributed by atoms with E-state index in [2.05, 4.69) is 44.7 Å². The molecule has 14 heteroatoms. The van der Waals surface area contributed by atoms with E-state index < -0.39 is 65.4 Å². The number of carbonyl (C=O) groups is 4. The number of nitrogens with zero attached hydrogens (tertiary/aromatic N) is 5. The van der Waals surface area contributed by atoms with E-state index in [9.17, 15) is 19.5 Å². The molecule has 3 saturated heterocycles. The van der Waals surface area contributed by atoms with Gasteiger partial charge in [-0.2, -0.15) is 0 Å². The van der Waals surface area contributed by atoms with E-state index >= 15 is 4.79 Å². The van der Waals surface area contributed by atoms with Gasteiger partial charge in [0.1, 0.15) is 30.4 Å². The van der Waals surface area contributed by atoms with Gasteiger partial charge >= 0.3 is 5.97 Å².